The zero-order valence-corrected chi connectivity index (χ0v) is 19.2. The first-order valence-electron chi connectivity index (χ1n) is 10.4. The van der Waals surface area contributed by atoms with E-state index < -0.39 is 0 Å². The average Bonchev–Trinajstić information content (AvgIpc) is 3.27. The van der Waals surface area contributed by atoms with Gasteiger partial charge in [0.15, 0.2) is 0 Å². The van der Waals surface area contributed by atoms with Gasteiger partial charge in [-0.2, -0.15) is 0 Å². The summed E-state index contributed by atoms with van der Waals surface area (Å²) in [7, 11) is 3.28. The molecule has 0 aliphatic rings. The van der Waals surface area contributed by atoms with E-state index in [9.17, 15) is 9.18 Å². The molecule has 3 aromatic rings. The molecule has 1 aromatic heterocycles. The normalized spacial score (nSPS) is 11.0. The summed E-state index contributed by atoms with van der Waals surface area (Å²) in [5.41, 5.74) is 2.56. The molecule has 1 heterocycles. The summed E-state index contributed by atoms with van der Waals surface area (Å²) in [5.74, 6) is 0.375. The summed E-state index contributed by atoms with van der Waals surface area (Å²) in [4.78, 5) is 19.1. The number of aromatic nitrogens is 1. The number of thiazole rings is 1. The van der Waals surface area contributed by atoms with Crippen LogP contribution in [0.2, 0.25) is 0 Å². The van der Waals surface area contributed by atoms with Gasteiger partial charge in [-0.05, 0) is 41.8 Å². The zero-order chi connectivity index (χ0) is 22.8. The summed E-state index contributed by atoms with van der Waals surface area (Å²) in [6, 6.07) is 14.4. The van der Waals surface area contributed by atoms with Gasteiger partial charge in [0.2, 0.25) is 0 Å². The van der Waals surface area contributed by atoms with Crippen LogP contribution in [0.5, 0.6) is 5.75 Å². The predicted molar refractivity (Wildman–Crippen MR) is 123 cm³/mol. The number of carbonyl (C=O) groups is 1. The fourth-order valence-corrected chi connectivity index (χ4v) is 4.01. The highest BCUT2D eigenvalue weighted by Crippen LogP contribution is 2.19. The van der Waals surface area contributed by atoms with Crippen molar-refractivity contribution < 1.29 is 18.7 Å². The van der Waals surface area contributed by atoms with Crippen LogP contribution in [-0.2, 0) is 24.4 Å². The SMILES string of the molecule is COCCCNC(=O)c1csc(CN(Cc2ccc(F)cc2)Cc2ccc(OC)cc2)n1. The van der Waals surface area contributed by atoms with E-state index in [1.165, 1.54) is 23.5 Å². The minimum absolute atomic E-state index is 0.177. The Morgan fingerprint density at radius 1 is 1.03 bits per heavy atom. The first-order valence-corrected chi connectivity index (χ1v) is 11.3. The summed E-state index contributed by atoms with van der Waals surface area (Å²) < 4.78 is 23.6. The molecular weight excluding hydrogens is 429 g/mol. The Hall–Kier alpha value is -2.81. The molecule has 0 radical (unpaired) electrons. The Bertz CT molecular complexity index is 977. The van der Waals surface area contributed by atoms with Gasteiger partial charge in [-0.1, -0.05) is 24.3 Å². The predicted octanol–water partition coefficient (Wildman–Crippen LogP) is 4.26. The molecule has 3 rings (SSSR count). The van der Waals surface area contributed by atoms with Gasteiger partial charge in [0, 0.05) is 38.7 Å². The molecule has 0 bridgehead atoms. The molecule has 0 saturated heterocycles. The Balaban J connectivity index is 1.68. The lowest BCUT2D eigenvalue weighted by Gasteiger charge is -2.21. The molecule has 0 aliphatic heterocycles. The molecule has 0 fully saturated rings. The number of ether oxygens (including phenoxy) is 2. The summed E-state index contributed by atoms with van der Waals surface area (Å²) in [5, 5.41) is 5.49. The van der Waals surface area contributed by atoms with Gasteiger partial charge in [0.25, 0.3) is 5.91 Å². The van der Waals surface area contributed by atoms with Crippen molar-refractivity contribution in [1.82, 2.24) is 15.2 Å². The van der Waals surface area contributed by atoms with Crippen LogP contribution in [0.15, 0.2) is 53.9 Å². The molecular formula is C24H28FN3O3S. The van der Waals surface area contributed by atoms with Crippen molar-refractivity contribution in [2.24, 2.45) is 0 Å². The molecule has 1 N–H and O–H groups in total. The molecule has 0 aliphatic carbocycles. The number of nitrogens with one attached hydrogen (secondary N) is 1. The highest BCUT2D eigenvalue weighted by molar-refractivity contribution is 7.09. The number of hydrogen-bond acceptors (Lipinski definition) is 6. The lowest BCUT2D eigenvalue weighted by molar-refractivity contribution is 0.0944. The maximum Gasteiger partial charge on any atom is 0.270 e. The third-order valence-corrected chi connectivity index (χ3v) is 5.67. The fourth-order valence-electron chi connectivity index (χ4n) is 3.19. The second kappa shape index (κ2) is 12.3. The third kappa shape index (κ3) is 7.40. The first kappa shape index (κ1) is 23.8. The number of rotatable bonds is 12. The second-order valence-corrected chi connectivity index (χ2v) is 8.29. The minimum atomic E-state index is -0.253. The molecule has 0 atom stereocenters. The number of methoxy groups -OCH3 is 2. The number of benzene rings is 2. The van der Waals surface area contributed by atoms with E-state index in [-0.39, 0.29) is 11.7 Å². The third-order valence-electron chi connectivity index (χ3n) is 4.84. The van der Waals surface area contributed by atoms with Crippen molar-refractivity contribution in [3.8, 4) is 5.75 Å². The maximum atomic E-state index is 13.3. The first-order chi connectivity index (χ1) is 15.6. The monoisotopic (exact) mass is 457 g/mol. The maximum absolute atomic E-state index is 13.3. The summed E-state index contributed by atoms with van der Waals surface area (Å²) in [6.07, 6.45) is 0.756. The fraction of sp³-hybridized carbons (Fsp3) is 0.333. The highest BCUT2D eigenvalue weighted by atomic mass is 32.1. The Kier molecular flexibility index (Phi) is 9.15. The van der Waals surface area contributed by atoms with Crippen LogP contribution < -0.4 is 10.1 Å². The topological polar surface area (TPSA) is 63.7 Å². The van der Waals surface area contributed by atoms with Gasteiger partial charge in [-0.3, -0.25) is 9.69 Å². The van der Waals surface area contributed by atoms with Crippen molar-refractivity contribution in [3.05, 3.63) is 81.6 Å². The van der Waals surface area contributed by atoms with Crippen molar-refractivity contribution in [2.45, 2.75) is 26.1 Å². The lowest BCUT2D eigenvalue weighted by Crippen LogP contribution is -2.26. The van der Waals surface area contributed by atoms with E-state index in [1.54, 1.807) is 31.7 Å². The molecule has 1 amide bonds. The average molecular weight is 458 g/mol. The van der Waals surface area contributed by atoms with Gasteiger partial charge < -0.3 is 14.8 Å². The summed E-state index contributed by atoms with van der Waals surface area (Å²) >= 11 is 1.46. The van der Waals surface area contributed by atoms with Crippen LogP contribution in [0.4, 0.5) is 4.39 Å². The van der Waals surface area contributed by atoms with Gasteiger partial charge in [-0.25, -0.2) is 9.37 Å². The van der Waals surface area contributed by atoms with Crippen LogP contribution in [0, 0.1) is 5.82 Å². The van der Waals surface area contributed by atoms with E-state index in [2.05, 4.69) is 15.2 Å². The van der Waals surface area contributed by atoms with E-state index in [0.717, 1.165) is 28.3 Å². The lowest BCUT2D eigenvalue weighted by atomic mass is 10.1. The van der Waals surface area contributed by atoms with E-state index in [4.69, 9.17) is 9.47 Å². The number of carbonyl (C=O) groups excluding carboxylic acids is 1. The Morgan fingerprint density at radius 3 is 2.31 bits per heavy atom. The molecule has 6 nitrogen and oxygen atoms in total. The van der Waals surface area contributed by atoms with E-state index in [1.807, 2.05) is 24.3 Å². The molecule has 2 aromatic carbocycles. The van der Waals surface area contributed by atoms with Crippen molar-refractivity contribution in [1.29, 1.82) is 0 Å². The van der Waals surface area contributed by atoms with E-state index >= 15 is 0 Å². The van der Waals surface area contributed by atoms with Gasteiger partial charge in [-0.15, -0.1) is 11.3 Å². The van der Waals surface area contributed by atoms with E-state index in [0.29, 0.717) is 38.5 Å². The number of hydrogen-bond donors (Lipinski definition) is 1. The molecule has 0 unspecified atom stereocenters. The minimum Gasteiger partial charge on any atom is -0.497 e. The number of nitrogens with zero attached hydrogens (tertiary/aromatic N) is 2. The number of amides is 1. The Labute approximate surface area is 192 Å². The van der Waals surface area contributed by atoms with Crippen LogP contribution in [0.25, 0.3) is 0 Å². The molecule has 8 heteroatoms. The van der Waals surface area contributed by atoms with Crippen LogP contribution >= 0.6 is 11.3 Å². The standard InChI is InChI=1S/C24H28FN3O3S/c1-30-13-3-12-26-24(29)22-17-32-23(27-22)16-28(14-18-4-8-20(25)9-5-18)15-19-6-10-21(31-2)11-7-19/h4-11,17H,3,12-16H2,1-2H3,(H,26,29). The molecule has 0 spiro atoms. The molecule has 170 valence electrons. The largest absolute Gasteiger partial charge is 0.497 e. The van der Waals surface area contributed by atoms with Crippen molar-refractivity contribution >= 4 is 17.2 Å². The molecule has 0 saturated carbocycles. The van der Waals surface area contributed by atoms with Crippen molar-refractivity contribution in [2.75, 3.05) is 27.4 Å². The van der Waals surface area contributed by atoms with Gasteiger partial charge in [0.1, 0.15) is 22.3 Å². The highest BCUT2D eigenvalue weighted by Gasteiger charge is 2.14. The second-order valence-electron chi connectivity index (χ2n) is 7.35. The summed E-state index contributed by atoms with van der Waals surface area (Å²) in [6.45, 7) is 3.04. The van der Waals surface area contributed by atoms with Crippen molar-refractivity contribution in [3.63, 3.8) is 0 Å². The smallest absolute Gasteiger partial charge is 0.270 e. The van der Waals surface area contributed by atoms with Gasteiger partial charge >= 0.3 is 0 Å². The van der Waals surface area contributed by atoms with Crippen LogP contribution in [0.3, 0.4) is 0 Å². The quantitative estimate of drug-likeness (QED) is 0.412. The Morgan fingerprint density at radius 2 is 1.69 bits per heavy atom. The molecule has 32 heavy (non-hydrogen) atoms. The van der Waals surface area contributed by atoms with Crippen LogP contribution in [0.1, 0.15) is 33.0 Å². The zero-order valence-electron chi connectivity index (χ0n) is 18.3. The van der Waals surface area contributed by atoms with Gasteiger partial charge in [0.05, 0.1) is 13.7 Å². The number of halogens is 1. The van der Waals surface area contributed by atoms with Crippen LogP contribution in [-0.4, -0.2) is 43.2 Å².